The molecule has 0 N–H and O–H groups in total. The number of aryl methyl sites for hydroxylation is 2. The first kappa shape index (κ1) is 13.5. The van der Waals surface area contributed by atoms with Crippen molar-refractivity contribution in [2.75, 3.05) is 0 Å². The molecule has 1 heteroatoms. The minimum Gasteiger partial charge on any atom is -0.256 e. The van der Waals surface area contributed by atoms with Gasteiger partial charge in [0.15, 0.2) is 0 Å². The Morgan fingerprint density at radius 2 is 1.73 bits per heavy atom. The number of rotatable bonds is 3. The molecular weight excluding hydrogens is 266 g/mol. The van der Waals surface area contributed by atoms with Gasteiger partial charge in [0.25, 0.3) is 0 Å². The number of pyridine rings is 1. The molecular formula is C21H23N. The molecule has 0 spiro atoms. The summed E-state index contributed by atoms with van der Waals surface area (Å²) in [6, 6.07) is 14.9. The molecule has 1 heterocycles. The van der Waals surface area contributed by atoms with Crippen LogP contribution in [0.25, 0.3) is 22.0 Å². The van der Waals surface area contributed by atoms with Gasteiger partial charge in [-0.15, -0.1) is 0 Å². The lowest BCUT2D eigenvalue weighted by Gasteiger charge is -2.10. The van der Waals surface area contributed by atoms with E-state index in [9.17, 15) is 0 Å². The Morgan fingerprint density at radius 1 is 1.00 bits per heavy atom. The van der Waals surface area contributed by atoms with E-state index in [-0.39, 0.29) is 0 Å². The van der Waals surface area contributed by atoms with E-state index in [4.69, 9.17) is 1.37 Å². The number of hydrogen-bond donors (Lipinski definition) is 0. The SMILES string of the molecule is [2H]c1cc2cc(CC(C)C)ccc2c(-c2cc(C)cc(C)c2)n1. The van der Waals surface area contributed by atoms with Gasteiger partial charge in [-0.2, -0.15) is 0 Å². The molecule has 0 bridgehead atoms. The molecule has 0 radical (unpaired) electrons. The van der Waals surface area contributed by atoms with E-state index in [1.54, 1.807) is 0 Å². The molecule has 0 aliphatic rings. The molecule has 0 saturated heterocycles. The first-order valence-electron chi connectivity index (χ1n) is 8.41. The van der Waals surface area contributed by atoms with Crippen molar-refractivity contribution in [1.82, 2.24) is 4.98 Å². The fourth-order valence-electron chi connectivity index (χ4n) is 3.10. The molecule has 2 aromatic carbocycles. The van der Waals surface area contributed by atoms with Crippen LogP contribution >= 0.6 is 0 Å². The Hall–Kier alpha value is -2.15. The molecule has 0 saturated carbocycles. The summed E-state index contributed by atoms with van der Waals surface area (Å²) in [6.07, 6.45) is 1.39. The number of benzene rings is 2. The predicted molar refractivity (Wildman–Crippen MR) is 95.2 cm³/mol. The summed E-state index contributed by atoms with van der Waals surface area (Å²) in [7, 11) is 0. The second-order valence-corrected chi connectivity index (χ2v) is 6.63. The molecule has 0 aliphatic carbocycles. The molecule has 0 amide bonds. The molecule has 0 unspecified atom stereocenters. The third-order valence-corrected chi connectivity index (χ3v) is 3.91. The first-order valence-corrected chi connectivity index (χ1v) is 7.91. The average Bonchev–Trinajstić information content (AvgIpc) is 2.44. The fraction of sp³-hybridized carbons (Fsp3) is 0.286. The van der Waals surface area contributed by atoms with Gasteiger partial charge in [0, 0.05) is 17.1 Å². The normalized spacial score (nSPS) is 12.0. The minimum absolute atomic E-state index is 0.327. The quantitative estimate of drug-likeness (QED) is 0.601. The molecule has 0 atom stereocenters. The molecule has 0 aliphatic heterocycles. The topological polar surface area (TPSA) is 12.9 Å². The van der Waals surface area contributed by atoms with Crippen LogP contribution in [0.15, 0.2) is 48.6 Å². The number of fused-ring (bicyclic) bond motifs is 1. The fourth-order valence-corrected chi connectivity index (χ4v) is 3.10. The summed E-state index contributed by atoms with van der Waals surface area (Å²) >= 11 is 0. The van der Waals surface area contributed by atoms with Crippen LogP contribution in [0.4, 0.5) is 0 Å². The second-order valence-electron chi connectivity index (χ2n) is 6.63. The summed E-state index contributed by atoms with van der Waals surface area (Å²) < 4.78 is 8.08. The Bertz CT molecular complexity index is 845. The van der Waals surface area contributed by atoms with Crippen molar-refractivity contribution < 1.29 is 1.37 Å². The lowest BCUT2D eigenvalue weighted by molar-refractivity contribution is 0.648. The summed E-state index contributed by atoms with van der Waals surface area (Å²) in [5.41, 5.74) is 5.78. The van der Waals surface area contributed by atoms with Crippen LogP contribution in [0, 0.1) is 19.8 Å². The largest absolute Gasteiger partial charge is 0.256 e. The van der Waals surface area contributed by atoms with Gasteiger partial charge in [-0.1, -0.05) is 49.2 Å². The van der Waals surface area contributed by atoms with Crippen LogP contribution in [-0.4, -0.2) is 4.98 Å². The van der Waals surface area contributed by atoms with E-state index in [0.29, 0.717) is 12.1 Å². The van der Waals surface area contributed by atoms with Crippen LogP contribution in [0.3, 0.4) is 0 Å². The summed E-state index contributed by atoms with van der Waals surface area (Å²) in [5, 5.41) is 2.23. The lowest BCUT2D eigenvalue weighted by atomic mass is 9.97. The lowest BCUT2D eigenvalue weighted by Crippen LogP contribution is -1.94. The van der Waals surface area contributed by atoms with Gasteiger partial charge >= 0.3 is 0 Å². The van der Waals surface area contributed by atoms with Gasteiger partial charge in [0.2, 0.25) is 0 Å². The summed E-state index contributed by atoms with van der Waals surface area (Å²) in [5.74, 6) is 0.628. The Morgan fingerprint density at radius 3 is 2.41 bits per heavy atom. The van der Waals surface area contributed by atoms with Gasteiger partial charge in [-0.05, 0) is 55.3 Å². The highest BCUT2D eigenvalue weighted by molar-refractivity contribution is 5.95. The zero-order chi connectivity index (χ0) is 16.6. The number of nitrogens with zero attached hydrogens (tertiary/aromatic N) is 1. The van der Waals surface area contributed by atoms with Crippen molar-refractivity contribution in [3.63, 3.8) is 0 Å². The summed E-state index contributed by atoms with van der Waals surface area (Å²) in [6.45, 7) is 8.66. The maximum atomic E-state index is 8.08. The average molecular weight is 290 g/mol. The zero-order valence-electron chi connectivity index (χ0n) is 14.8. The molecule has 3 aromatic rings. The maximum absolute atomic E-state index is 8.08. The van der Waals surface area contributed by atoms with Crippen molar-refractivity contribution in [2.45, 2.75) is 34.1 Å². The van der Waals surface area contributed by atoms with Gasteiger partial charge in [-0.3, -0.25) is 4.98 Å². The van der Waals surface area contributed by atoms with E-state index in [1.807, 2.05) is 6.07 Å². The molecule has 22 heavy (non-hydrogen) atoms. The van der Waals surface area contributed by atoms with Crippen LogP contribution in [0.1, 0.15) is 31.9 Å². The standard InChI is InChI=1S/C21H23N/c1-14(2)9-17-5-6-20-18(13-17)7-8-22-21(20)19-11-15(3)10-16(4)12-19/h5-8,10-14H,9H2,1-4H3/i8D. The smallest absolute Gasteiger partial charge is 0.0840 e. The van der Waals surface area contributed by atoms with E-state index in [2.05, 4.69) is 69.1 Å². The van der Waals surface area contributed by atoms with E-state index >= 15 is 0 Å². The highest BCUT2D eigenvalue weighted by Gasteiger charge is 2.08. The minimum atomic E-state index is 0.327. The zero-order valence-corrected chi connectivity index (χ0v) is 13.8. The van der Waals surface area contributed by atoms with E-state index in [0.717, 1.165) is 28.5 Å². The number of hydrogen-bond acceptors (Lipinski definition) is 1. The number of aromatic nitrogens is 1. The van der Waals surface area contributed by atoms with Gasteiger partial charge in [0.05, 0.1) is 7.06 Å². The van der Waals surface area contributed by atoms with Crippen molar-refractivity contribution >= 4 is 10.8 Å². The van der Waals surface area contributed by atoms with Crippen molar-refractivity contribution in [1.29, 1.82) is 0 Å². The predicted octanol–water partition coefficient (Wildman–Crippen LogP) is 5.72. The van der Waals surface area contributed by atoms with Gasteiger partial charge in [0.1, 0.15) is 0 Å². The summed E-state index contributed by atoms with van der Waals surface area (Å²) in [4.78, 5) is 4.51. The van der Waals surface area contributed by atoms with E-state index in [1.165, 1.54) is 16.7 Å². The van der Waals surface area contributed by atoms with Crippen LogP contribution in [-0.2, 0) is 6.42 Å². The third kappa shape index (κ3) is 3.04. The molecule has 112 valence electrons. The Kier molecular flexibility index (Phi) is 3.64. The van der Waals surface area contributed by atoms with Crippen LogP contribution in [0.5, 0.6) is 0 Å². The maximum Gasteiger partial charge on any atom is 0.0840 e. The molecule has 0 fully saturated rings. The van der Waals surface area contributed by atoms with Crippen molar-refractivity contribution in [3.8, 4) is 11.3 Å². The monoisotopic (exact) mass is 290 g/mol. The highest BCUT2D eigenvalue weighted by Crippen LogP contribution is 2.29. The Labute approximate surface area is 134 Å². The van der Waals surface area contributed by atoms with Gasteiger partial charge < -0.3 is 0 Å². The van der Waals surface area contributed by atoms with Crippen LogP contribution in [0.2, 0.25) is 0 Å². The molecule has 1 nitrogen and oxygen atoms in total. The van der Waals surface area contributed by atoms with Crippen LogP contribution < -0.4 is 0 Å². The molecule has 3 rings (SSSR count). The van der Waals surface area contributed by atoms with E-state index < -0.39 is 0 Å². The first-order chi connectivity index (χ1) is 10.9. The van der Waals surface area contributed by atoms with Gasteiger partial charge in [-0.25, -0.2) is 0 Å². The molecule has 1 aromatic heterocycles. The van der Waals surface area contributed by atoms with Crippen molar-refractivity contribution in [2.24, 2.45) is 5.92 Å². The third-order valence-electron chi connectivity index (χ3n) is 3.91. The highest BCUT2D eigenvalue weighted by atomic mass is 14.7. The van der Waals surface area contributed by atoms with Crippen molar-refractivity contribution in [3.05, 3.63) is 65.3 Å². The second kappa shape index (κ2) is 5.92. The Balaban J connectivity index is 2.20.